The molecule has 100 valence electrons. The lowest BCUT2D eigenvalue weighted by Gasteiger charge is -2.21. The van der Waals surface area contributed by atoms with Crippen LogP contribution >= 0.6 is 11.8 Å². The van der Waals surface area contributed by atoms with Crippen LogP contribution in [0.3, 0.4) is 0 Å². The maximum absolute atomic E-state index is 11.9. The third-order valence-corrected chi connectivity index (χ3v) is 3.72. The third kappa shape index (κ3) is 4.58. The standard InChI is InChI=1S/C14H16N2O2S/c15-10-19-13-3-1-12(2-4-13)16-14(17)9-11-5-7-18-8-6-11/h1-4,11H,5-9H2,(H,16,17). The molecule has 0 bridgehead atoms. The normalized spacial score (nSPS) is 15.7. The number of carbonyl (C=O) groups is 1. The number of anilines is 1. The van der Waals surface area contributed by atoms with Crippen LogP contribution in [0.4, 0.5) is 5.69 Å². The van der Waals surface area contributed by atoms with Crippen molar-refractivity contribution in [1.82, 2.24) is 0 Å². The fraction of sp³-hybridized carbons (Fsp3) is 0.429. The van der Waals surface area contributed by atoms with E-state index in [-0.39, 0.29) is 5.91 Å². The number of nitrogens with one attached hydrogen (secondary N) is 1. The Hall–Kier alpha value is -1.51. The van der Waals surface area contributed by atoms with E-state index in [1.807, 2.05) is 29.7 Å². The van der Waals surface area contributed by atoms with E-state index in [0.717, 1.165) is 48.4 Å². The first-order valence-corrected chi connectivity index (χ1v) is 7.13. The van der Waals surface area contributed by atoms with Gasteiger partial charge in [-0.2, -0.15) is 5.26 Å². The second-order valence-electron chi connectivity index (χ2n) is 4.53. The average Bonchev–Trinajstić information content (AvgIpc) is 2.42. The summed E-state index contributed by atoms with van der Waals surface area (Å²) >= 11 is 1.11. The van der Waals surface area contributed by atoms with Gasteiger partial charge in [-0.15, -0.1) is 0 Å². The van der Waals surface area contributed by atoms with E-state index in [2.05, 4.69) is 5.32 Å². The summed E-state index contributed by atoms with van der Waals surface area (Å²) in [6.45, 7) is 1.52. The Bertz CT molecular complexity index is 461. The van der Waals surface area contributed by atoms with Gasteiger partial charge in [0.05, 0.1) is 0 Å². The third-order valence-electron chi connectivity index (χ3n) is 3.12. The highest BCUT2D eigenvalue weighted by molar-refractivity contribution is 8.03. The van der Waals surface area contributed by atoms with E-state index in [1.165, 1.54) is 0 Å². The molecule has 1 aliphatic rings. The van der Waals surface area contributed by atoms with Crippen LogP contribution in [0.1, 0.15) is 19.3 Å². The number of nitriles is 1. The molecular formula is C14H16N2O2S. The highest BCUT2D eigenvalue weighted by Gasteiger charge is 2.17. The average molecular weight is 276 g/mol. The monoisotopic (exact) mass is 276 g/mol. The molecule has 0 unspecified atom stereocenters. The Morgan fingerprint density at radius 1 is 1.37 bits per heavy atom. The van der Waals surface area contributed by atoms with E-state index in [4.69, 9.17) is 10.00 Å². The minimum atomic E-state index is 0.0487. The number of thiocyanates is 1. The van der Waals surface area contributed by atoms with Crippen molar-refractivity contribution in [3.8, 4) is 5.40 Å². The first kappa shape index (κ1) is 13.9. The van der Waals surface area contributed by atoms with Crippen LogP contribution in [-0.4, -0.2) is 19.1 Å². The van der Waals surface area contributed by atoms with Crippen molar-refractivity contribution in [3.05, 3.63) is 24.3 Å². The van der Waals surface area contributed by atoms with E-state index in [9.17, 15) is 4.79 Å². The van der Waals surface area contributed by atoms with Crippen molar-refractivity contribution in [2.75, 3.05) is 18.5 Å². The van der Waals surface area contributed by atoms with Crippen LogP contribution in [-0.2, 0) is 9.53 Å². The van der Waals surface area contributed by atoms with Gasteiger partial charge in [-0.3, -0.25) is 4.79 Å². The summed E-state index contributed by atoms with van der Waals surface area (Å²) < 4.78 is 5.28. The number of ether oxygens (including phenoxy) is 1. The number of hydrogen-bond acceptors (Lipinski definition) is 4. The van der Waals surface area contributed by atoms with Crippen molar-refractivity contribution in [2.45, 2.75) is 24.2 Å². The summed E-state index contributed by atoms with van der Waals surface area (Å²) in [4.78, 5) is 12.8. The molecule has 5 heteroatoms. The summed E-state index contributed by atoms with van der Waals surface area (Å²) in [6.07, 6.45) is 2.48. The zero-order valence-corrected chi connectivity index (χ0v) is 11.4. The van der Waals surface area contributed by atoms with Gasteiger partial charge in [0.2, 0.25) is 5.91 Å². The molecule has 0 spiro atoms. The van der Waals surface area contributed by atoms with Gasteiger partial charge >= 0.3 is 0 Å². The number of amides is 1. The molecule has 1 heterocycles. The number of thioether (sulfide) groups is 1. The Morgan fingerprint density at radius 3 is 2.68 bits per heavy atom. The number of carbonyl (C=O) groups excluding carboxylic acids is 1. The van der Waals surface area contributed by atoms with E-state index in [1.54, 1.807) is 0 Å². The van der Waals surface area contributed by atoms with Gasteiger partial charge in [0, 0.05) is 30.2 Å². The van der Waals surface area contributed by atoms with Gasteiger partial charge in [0.25, 0.3) is 0 Å². The van der Waals surface area contributed by atoms with Crippen LogP contribution in [0.25, 0.3) is 0 Å². The maximum atomic E-state index is 11.9. The number of nitrogens with zero attached hydrogens (tertiary/aromatic N) is 1. The zero-order chi connectivity index (χ0) is 13.5. The highest BCUT2D eigenvalue weighted by atomic mass is 32.2. The molecule has 19 heavy (non-hydrogen) atoms. The van der Waals surface area contributed by atoms with Crippen molar-refractivity contribution >= 4 is 23.4 Å². The summed E-state index contributed by atoms with van der Waals surface area (Å²) in [5.41, 5.74) is 0.777. The molecule has 0 radical (unpaired) electrons. The van der Waals surface area contributed by atoms with Crippen molar-refractivity contribution in [2.24, 2.45) is 5.92 Å². The number of rotatable bonds is 4. The van der Waals surface area contributed by atoms with Crippen LogP contribution in [0.5, 0.6) is 0 Å². The first-order chi connectivity index (χ1) is 9.28. The molecular weight excluding hydrogens is 260 g/mol. The molecule has 1 aliphatic heterocycles. The van der Waals surface area contributed by atoms with E-state index < -0.39 is 0 Å². The highest BCUT2D eigenvalue weighted by Crippen LogP contribution is 2.21. The lowest BCUT2D eigenvalue weighted by molar-refractivity contribution is -0.117. The zero-order valence-electron chi connectivity index (χ0n) is 10.6. The van der Waals surface area contributed by atoms with Crippen LogP contribution in [0, 0.1) is 16.6 Å². The SMILES string of the molecule is N#CSc1ccc(NC(=O)CC2CCOCC2)cc1. The molecule has 0 atom stereocenters. The van der Waals surface area contributed by atoms with Gasteiger partial charge in [0.1, 0.15) is 5.40 Å². The number of benzene rings is 1. The molecule has 1 saturated heterocycles. The first-order valence-electron chi connectivity index (χ1n) is 6.31. The molecule has 1 amide bonds. The minimum absolute atomic E-state index is 0.0487. The fourth-order valence-electron chi connectivity index (χ4n) is 2.08. The second-order valence-corrected chi connectivity index (χ2v) is 5.38. The van der Waals surface area contributed by atoms with E-state index >= 15 is 0 Å². The molecule has 1 aromatic rings. The van der Waals surface area contributed by atoms with Crippen molar-refractivity contribution in [1.29, 1.82) is 5.26 Å². The van der Waals surface area contributed by atoms with Gasteiger partial charge in [-0.25, -0.2) is 0 Å². The van der Waals surface area contributed by atoms with Gasteiger partial charge in [0.15, 0.2) is 0 Å². The maximum Gasteiger partial charge on any atom is 0.224 e. The lowest BCUT2D eigenvalue weighted by atomic mass is 9.96. The lowest BCUT2D eigenvalue weighted by Crippen LogP contribution is -2.22. The molecule has 0 aliphatic carbocycles. The van der Waals surface area contributed by atoms with Crippen molar-refractivity contribution < 1.29 is 9.53 Å². The van der Waals surface area contributed by atoms with Gasteiger partial charge in [-0.05, 0) is 54.8 Å². The molecule has 1 fully saturated rings. The summed E-state index contributed by atoms with van der Waals surface area (Å²) in [7, 11) is 0. The Labute approximate surface area is 117 Å². The largest absolute Gasteiger partial charge is 0.381 e. The summed E-state index contributed by atoms with van der Waals surface area (Å²) in [6, 6.07) is 7.30. The predicted octanol–water partition coefficient (Wildman–Crippen LogP) is 3.01. The molecule has 1 N–H and O–H groups in total. The number of hydrogen-bond donors (Lipinski definition) is 1. The van der Waals surface area contributed by atoms with Gasteiger partial charge < -0.3 is 10.1 Å². The second kappa shape index (κ2) is 7.17. The predicted molar refractivity (Wildman–Crippen MR) is 74.7 cm³/mol. The topological polar surface area (TPSA) is 62.1 Å². The molecule has 1 aromatic carbocycles. The van der Waals surface area contributed by atoms with Crippen LogP contribution in [0.2, 0.25) is 0 Å². The fourth-order valence-corrected chi connectivity index (χ4v) is 2.46. The Balaban J connectivity index is 1.82. The van der Waals surface area contributed by atoms with Crippen LogP contribution < -0.4 is 5.32 Å². The molecule has 4 nitrogen and oxygen atoms in total. The van der Waals surface area contributed by atoms with Crippen LogP contribution in [0.15, 0.2) is 29.2 Å². The quantitative estimate of drug-likeness (QED) is 0.678. The molecule has 2 rings (SSSR count). The van der Waals surface area contributed by atoms with E-state index in [0.29, 0.717) is 12.3 Å². The Morgan fingerprint density at radius 2 is 2.05 bits per heavy atom. The molecule has 0 saturated carbocycles. The van der Waals surface area contributed by atoms with Crippen molar-refractivity contribution in [3.63, 3.8) is 0 Å². The smallest absolute Gasteiger partial charge is 0.224 e. The summed E-state index contributed by atoms with van der Waals surface area (Å²) in [5.74, 6) is 0.481. The van der Waals surface area contributed by atoms with Gasteiger partial charge in [-0.1, -0.05) is 0 Å². The molecule has 0 aromatic heterocycles. The Kier molecular flexibility index (Phi) is 5.25. The minimum Gasteiger partial charge on any atom is -0.381 e. The summed E-state index contributed by atoms with van der Waals surface area (Å²) in [5, 5.41) is 13.5.